The number of anilines is 1. The fourth-order valence-corrected chi connectivity index (χ4v) is 3.82. The van der Waals surface area contributed by atoms with Crippen LogP contribution in [-0.4, -0.2) is 27.7 Å². The van der Waals surface area contributed by atoms with Crippen molar-refractivity contribution in [2.75, 3.05) is 12.4 Å². The van der Waals surface area contributed by atoms with Gasteiger partial charge in [-0.1, -0.05) is 6.07 Å². The normalized spacial score (nSPS) is 19.9. The molecule has 2 heterocycles. The predicted molar refractivity (Wildman–Crippen MR) is 88.4 cm³/mol. The minimum atomic E-state index is -0.251. The van der Waals surface area contributed by atoms with Crippen molar-refractivity contribution in [2.45, 2.75) is 25.3 Å². The van der Waals surface area contributed by atoms with Gasteiger partial charge in [-0.15, -0.1) is 0 Å². The van der Waals surface area contributed by atoms with Gasteiger partial charge >= 0.3 is 0 Å². The first-order chi connectivity index (χ1) is 11.2. The predicted octanol–water partition coefficient (Wildman–Crippen LogP) is 3.07. The van der Waals surface area contributed by atoms with Crippen LogP contribution >= 0.6 is 15.9 Å². The quantitative estimate of drug-likeness (QED) is 0.874. The number of allylic oxidation sites excluding steroid dienone is 2. The first-order valence-electron chi connectivity index (χ1n) is 7.45. The average molecular weight is 375 g/mol. The molecule has 1 aliphatic carbocycles. The second-order valence-corrected chi connectivity index (χ2v) is 6.47. The summed E-state index contributed by atoms with van der Waals surface area (Å²) in [5.41, 5.74) is 2.75. The Morgan fingerprint density at radius 2 is 2.26 bits per heavy atom. The zero-order valence-corrected chi connectivity index (χ0v) is 14.1. The van der Waals surface area contributed by atoms with Crippen LogP contribution in [0.1, 0.15) is 30.9 Å². The molecule has 2 aromatic rings. The Balaban J connectivity index is 1.89. The molecule has 0 saturated carbocycles. The lowest BCUT2D eigenvalue weighted by Gasteiger charge is -2.32. The van der Waals surface area contributed by atoms with E-state index in [1.807, 2.05) is 18.2 Å². The highest BCUT2D eigenvalue weighted by Crippen LogP contribution is 2.41. The molecule has 2 aliphatic rings. The molecule has 0 amide bonds. The standard InChI is InChI=1S/C16H15BrN4O2/c1-23-13-6-5-9(7-10(13)17)15-14-11(3-2-4-12(14)22)20-16-18-8-19-21(15)16/h5-8,15H,2-4H2,1H3,(H,18,19,20)/t15-/m1/s1. The SMILES string of the molecule is COc1ccc([C@@H]2C3=C(CCCC3=O)Nc3ncnn32)cc1Br. The maximum atomic E-state index is 12.6. The Kier molecular flexibility index (Phi) is 3.45. The van der Waals surface area contributed by atoms with E-state index < -0.39 is 0 Å². The number of nitrogens with one attached hydrogen (secondary N) is 1. The van der Waals surface area contributed by atoms with Crippen LogP contribution in [0.25, 0.3) is 0 Å². The lowest BCUT2D eigenvalue weighted by Crippen LogP contribution is -2.31. The summed E-state index contributed by atoms with van der Waals surface area (Å²) in [4.78, 5) is 16.8. The summed E-state index contributed by atoms with van der Waals surface area (Å²) in [6.07, 6.45) is 3.83. The number of carbonyl (C=O) groups is 1. The minimum Gasteiger partial charge on any atom is -0.496 e. The van der Waals surface area contributed by atoms with Crippen LogP contribution in [0.4, 0.5) is 5.95 Å². The van der Waals surface area contributed by atoms with Crippen molar-refractivity contribution < 1.29 is 9.53 Å². The fraction of sp³-hybridized carbons (Fsp3) is 0.312. The highest BCUT2D eigenvalue weighted by molar-refractivity contribution is 9.10. The fourth-order valence-electron chi connectivity index (χ4n) is 3.26. The second-order valence-electron chi connectivity index (χ2n) is 5.62. The molecule has 0 fully saturated rings. The van der Waals surface area contributed by atoms with Gasteiger partial charge in [-0.3, -0.25) is 4.79 Å². The van der Waals surface area contributed by atoms with Gasteiger partial charge in [-0.25, -0.2) is 4.68 Å². The molecule has 1 atom stereocenters. The third kappa shape index (κ3) is 2.26. The first-order valence-corrected chi connectivity index (χ1v) is 8.24. The van der Waals surface area contributed by atoms with Crippen LogP contribution < -0.4 is 10.1 Å². The summed E-state index contributed by atoms with van der Waals surface area (Å²) in [6.45, 7) is 0. The molecule has 1 aromatic heterocycles. The van der Waals surface area contributed by atoms with Crippen LogP contribution in [0.3, 0.4) is 0 Å². The smallest absolute Gasteiger partial charge is 0.226 e. The van der Waals surface area contributed by atoms with Crippen molar-refractivity contribution >= 4 is 27.7 Å². The summed E-state index contributed by atoms with van der Waals surface area (Å²) in [5.74, 6) is 1.61. The molecule has 1 N–H and O–H groups in total. The maximum absolute atomic E-state index is 12.6. The lowest BCUT2D eigenvalue weighted by molar-refractivity contribution is -0.116. The molecule has 1 aliphatic heterocycles. The van der Waals surface area contributed by atoms with Crippen molar-refractivity contribution in [3.8, 4) is 5.75 Å². The van der Waals surface area contributed by atoms with Gasteiger partial charge in [0.25, 0.3) is 0 Å². The summed E-state index contributed by atoms with van der Waals surface area (Å²) in [5, 5.41) is 7.58. The van der Waals surface area contributed by atoms with Crippen LogP contribution in [0, 0.1) is 0 Å². The number of nitrogens with zero attached hydrogens (tertiary/aromatic N) is 3. The molecular formula is C16H15BrN4O2. The van der Waals surface area contributed by atoms with E-state index in [0.29, 0.717) is 12.4 Å². The number of carbonyl (C=O) groups excluding carboxylic acids is 1. The summed E-state index contributed by atoms with van der Waals surface area (Å²) >= 11 is 3.52. The van der Waals surface area contributed by atoms with E-state index in [0.717, 1.165) is 39.9 Å². The van der Waals surface area contributed by atoms with E-state index in [1.165, 1.54) is 6.33 Å². The number of halogens is 1. The van der Waals surface area contributed by atoms with Gasteiger partial charge in [0.15, 0.2) is 5.78 Å². The number of benzene rings is 1. The number of aromatic nitrogens is 3. The molecule has 0 saturated heterocycles. The molecule has 1 aromatic carbocycles. The van der Waals surface area contributed by atoms with Gasteiger partial charge in [-0.2, -0.15) is 10.1 Å². The van der Waals surface area contributed by atoms with E-state index in [-0.39, 0.29) is 11.8 Å². The number of ketones is 1. The van der Waals surface area contributed by atoms with E-state index >= 15 is 0 Å². The first kappa shape index (κ1) is 14.4. The molecule has 7 heteroatoms. The van der Waals surface area contributed by atoms with E-state index in [4.69, 9.17) is 4.74 Å². The number of ether oxygens (including phenoxy) is 1. The highest BCUT2D eigenvalue weighted by atomic mass is 79.9. The molecule has 118 valence electrons. The zero-order valence-electron chi connectivity index (χ0n) is 12.5. The Labute approximate surface area is 141 Å². The van der Waals surface area contributed by atoms with Crippen LogP contribution in [0.15, 0.2) is 40.3 Å². The number of hydrogen-bond acceptors (Lipinski definition) is 5. The third-order valence-corrected chi connectivity index (χ3v) is 4.92. The van der Waals surface area contributed by atoms with Gasteiger partial charge in [0, 0.05) is 17.7 Å². The Hall–Kier alpha value is -2.15. The van der Waals surface area contributed by atoms with Crippen molar-refractivity contribution in [1.29, 1.82) is 0 Å². The molecule has 0 unspecified atom stereocenters. The summed E-state index contributed by atoms with van der Waals surface area (Å²) in [6, 6.07) is 5.59. The maximum Gasteiger partial charge on any atom is 0.226 e. The monoisotopic (exact) mass is 374 g/mol. The van der Waals surface area contributed by atoms with E-state index in [9.17, 15) is 4.79 Å². The highest BCUT2D eigenvalue weighted by Gasteiger charge is 2.36. The Bertz CT molecular complexity index is 827. The molecule has 6 nitrogen and oxygen atoms in total. The van der Waals surface area contributed by atoms with Crippen molar-refractivity contribution in [3.63, 3.8) is 0 Å². The zero-order chi connectivity index (χ0) is 16.0. The van der Waals surface area contributed by atoms with Gasteiger partial charge < -0.3 is 10.1 Å². The molecule has 0 radical (unpaired) electrons. The summed E-state index contributed by atoms with van der Waals surface area (Å²) in [7, 11) is 1.63. The summed E-state index contributed by atoms with van der Waals surface area (Å²) < 4.78 is 7.92. The van der Waals surface area contributed by atoms with E-state index in [2.05, 4.69) is 31.3 Å². The van der Waals surface area contributed by atoms with Crippen molar-refractivity contribution in [2.24, 2.45) is 0 Å². The number of rotatable bonds is 2. The number of Topliss-reactive ketones (excluding diaryl/α,β-unsaturated/α-hetero) is 1. The van der Waals surface area contributed by atoms with Crippen LogP contribution in [0.5, 0.6) is 5.75 Å². The molecule has 0 spiro atoms. The molecule has 0 bridgehead atoms. The topological polar surface area (TPSA) is 69.0 Å². The Morgan fingerprint density at radius 3 is 3.04 bits per heavy atom. The van der Waals surface area contributed by atoms with Crippen LogP contribution in [0.2, 0.25) is 0 Å². The minimum absolute atomic E-state index is 0.178. The van der Waals surface area contributed by atoms with Gasteiger partial charge in [-0.05, 0) is 46.5 Å². The lowest BCUT2D eigenvalue weighted by atomic mass is 9.85. The molecule has 4 rings (SSSR count). The van der Waals surface area contributed by atoms with Gasteiger partial charge in [0.05, 0.1) is 11.6 Å². The Morgan fingerprint density at radius 1 is 1.39 bits per heavy atom. The van der Waals surface area contributed by atoms with Gasteiger partial charge in [0.2, 0.25) is 5.95 Å². The van der Waals surface area contributed by atoms with Crippen LogP contribution in [-0.2, 0) is 4.79 Å². The number of methoxy groups -OCH3 is 1. The second kappa shape index (κ2) is 5.49. The number of fused-ring (bicyclic) bond motifs is 1. The van der Waals surface area contributed by atoms with E-state index in [1.54, 1.807) is 11.8 Å². The van der Waals surface area contributed by atoms with Gasteiger partial charge in [0.1, 0.15) is 18.1 Å². The van der Waals surface area contributed by atoms with Crippen molar-refractivity contribution in [1.82, 2.24) is 14.8 Å². The largest absolute Gasteiger partial charge is 0.496 e. The average Bonchev–Trinajstić information content (AvgIpc) is 3.01. The molecular weight excluding hydrogens is 360 g/mol. The third-order valence-electron chi connectivity index (χ3n) is 4.30. The van der Waals surface area contributed by atoms with Crippen molar-refractivity contribution in [3.05, 3.63) is 45.8 Å². The number of hydrogen-bond donors (Lipinski definition) is 1. The molecule has 23 heavy (non-hydrogen) atoms.